The second-order valence-corrected chi connectivity index (χ2v) is 22.7. The Kier molecular flexibility index (Phi) is 24.3. The van der Waals surface area contributed by atoms with Crippen molar-refractivity contribution >= 4 is 44.6 Å². The van der Waals surface area contributed by atoms with Gasteiger partial charge in [0.25, 0.3) is 0 Å². The van der Waals surface area contributed by atoms with Crippen LogP contribution in [0.2, 0.25) is 0 Å². The number of benzene rings is 8. The number of aromatic hydroxyl groups is 14. The molecule has 2 heterocycles. The van der Waals surface area contributed by atoms with Crippen molar-refractivity contribution in [1.82, 2.24) is 9.97 Å². The zero-order chi connectivity index (χ0) is 69.6. The first kappa shape index (κ1) is 71.9. The largest absolute Gasteiger partial charge is 0.506 e. The van der Waals surface area contributed by atoms with E-state index in [2.05, 4.69) is 30.4 Å². The summed E-state index contributed by atoms with van der Waals surface area (Å²) in [6, 6.07) is 38.4. The van der Waals surface area contributed by atoms with Crippen LogP contribution in [0.5, 0.6) is 80.5 Å². The van der Waals surface area contributed by atoms with Crippen LogP contribution in [0.3, 0.4) is 0 Å². The highest BCUT2D eigenvalue weighted by atomic mass is 16.3. The van der Waals surface area contributed by atoms with E-state index in [1.807, 2.05) is 84.9 Å². The Morgan fingerprint density at radius 3 is 0.734 bits per heavy atom. The first-order chi connectivity index (χ1) is 44.4. The van der Waals surface area contributed by atoms with Gasteiger partial charge < -0.3 is 86.8 Å². The molecule has 94 heavy (non-hydrogen) atoms. The van der Waals surface area contributed by atoms with E-state index in [1.165, 1.54) is 52.0 Å². The number of hydrogen-bond donors (Lipinski definition) is 17. The molecule has 2 aromatic heterocycles. The molecule has 0 atom stereocenters. The van der Waals surface area contributed by atoms with Gasteiger partial charge in [-0.25, -0.2) is 9.97 Å². The number of nitrogens with zero attached hydrogens (tertiary/aromatic N) is 6. The number of hydrogen-bond acceptors (Lipinski definition) is 23. The summed E-state index contributed by atoms with van der Waals surface area (Å²) in [6.07, 6.45) is 2.80. The third kappa shape index (κ3) is 16.9. The molecule has 23 nitrogen and oxygen atoms in total. The minimum Gasteiger partial charge on any atom is -0.506 e. The van der Waals surface area contributed by atoms with E-state index < -0.39 is 92.7 Å². The van der Waals surface area contributed by atoms with E-state index in [0.29, 0.717) is 23.0 Å². The Bertz CT molecular complexity index is 3780. The van der Waals surface area contributed by atoms with Crippen LogP contribution in [0.1, 0.15) is 137 Å². The topological polar surface area (TPSA) is 419 Å². The smallest absolute Gasteiger partial charge is 0.200 e. The van der Waals surface area contributed by atoms with E-state index in [-0.39, 0.29) is 74.3 Å². The maximum absolute atomic E-state index is 10.9. The van der Waals surface area contributed by atoms with Crippen LogP contribution in [0.25, 0.3) is 21.5 Å². The number of phenols is 14. The van der Waals surface area contributed by atoms with Crippen LogP contribution < -0.4 is 0 Å². The predicted molar refractivity (Wildman–Crippen MR) is 356 cm³/mol. The van der Waals surface area contributed by atoms with Gasteiger partial charge in [0.05, 0.1) is 0 Å². The minimum absolute atomic E-state index is 0.0447. The van der Waals surface area contributed by atoms with Gasteiger partial charge in [0.15, 0.2) is 57.6 Å². The van der Waals surface area contributed by atoms with Crippen LogP contribution in [-0.2, 0) is 0 Å². The molecular weight excluding hydrogens is 1210 g/mol. The van der Waals surface area contributed by atoms with Crippen LogP contribution in [0.4, 0.5) is 23.0 Å². The van der Waals surface area contributed by atoms with Crippen molar-refractivity contribution in [2.24, 2.45) is 20.5 Å². The summed E-state index contributed by atoms with van der Waals surface area (Å²) in [6.45, 7) is 16.3. The molecule has 11 rings (SSSR count). The first-order valence-corrected chi connectivity index (χ1v) is 29.6. The van der Waals surface area contributed by atoms with E-state index in [1.54, 1.807) is 78.2 Å². The van der Waals surface area contributed by atoms with Crippen molar-refractivity contribution in [3.63, 3.8) is 0 Å². The number of aliphatic hydroxyl groups is 3. The number of aliphatic hydroxyl groups excluding tert-OH is 3. The number of azo groups is 2. The molecular formula is C71H78N6O17. The Hall–Kier alpha value is -11.1. The molecule has 8 bridgehead atoms. The standard InChI is InChI=1S/C32H32O12.2C15H11N3O.3C3H8O/c1-9-13-5-15(23(35)29(41)21(13)33)10(2)17-7-19(27(39)31(43)25(17)37)12(4)20-8-18(26(38)32(44)28(20)40)11(3)16-6-14(9)22(34)30(42)24(16)36;2*19-13-9-8-11-5-1-2-6-12(11)15(13)18-17-14-7-3-4-10-16-14;3*1-3(2)4/h5-12,33-44H,1-4H3;2*1-10,19H;3*3-4H,1-2H3. The lowest BCUT2D eigenvalue weighted by atomic mass is 9.80. The predicted octanol–water partition coefficient (Wildman–Crippen LogP) is 14.9. The number of aromatic nitrogens is 2. The monoisotopic (exact) mass is 1290 g/mol. The molecule has 1 aliphatic carbocycles. The fraction of sp³-hybridized carbons (Fsp3) is 0.239. The second kappa shape index (κ2) is 31.7. The van der Waals surface area contributed by atoms with Crippen molar-refractivity contribution in [3.8, 4) is 80.5 Å². The highest BCUT2D eigenvalue weighted by molar-refractivity contribution is 5.96. The Morgan fingerprint density at radius 2 is 0.511 bits per heavy atom. The summed E-state index contributed by atoms with van der Waals surface area (Å²) < 4.78 is 0. The van der Waals surface area contributed by atoms with Gasteiger partial charge >= 0.3 is 0 Å². The molecule has 0 amide bonds. The molecule has 494 valence electrons. The van der Waals surface area contributed by atoms with Gasteiger partial charge in [-0.15, -0.1) is 20.5 Å². The van der Waals surface area contributed by atoms with Crippen LogP contribution in [-0.4, -0.2) is 115 Å². The van der Waals surface area contributed by atoms with Gasteiger partial charge in [0.1, 0.15) is 22.9 Å². The summed E-state index contributed by atoms with van der Waals surface area (Å²) in [4.78, 5) is 8.12. The van der Waals surface area contributed by atoms with Crippen LogP contribution in [0, 0.1) is 0 Å². The SMILES string of the molecule is CC(C)O.CC(C)O.CC(C)O.CC1c2cc(c(O)c(O)c2O)C(C)c2cc(c(O)c(O)c2O)C(C)c2cc(c(O)c(O)c2O)C(C)c2cc1c(O)c(O)c2O.Oc1ccc2ccccc2c1N=Nc1ccccn1.Oc1ccc2ccccc2c1N=Nc1ccccn1. The van der Waals surface area contributed by atoms with Gasteiger partial charge in [-0.05, 0) is 113 Å². The molecule has 17 N–H and O–H groups in total. The number of rotatable bonds is 4. The molecule has 10 aromatic rings. The first-order valence-electron chi connectivity index (χ1n) is 29.6. The van der Waals surface area contributed by atoms with Crippen molar-refractivity contribution in [1.29, 1.82) is 0 Å². The summed E-state index contributed by atoms with van der Waals surface area (Å²) in [5.74, 6) is -12.7. The average Bonchev–Trinajstić information content (AvgIpc) is 0.751. The summed E-state index contributed by atoms with van der Waals surface area (Å²) in [5.41, 5.74) is 0.566. The Balaban J connectivity index is 0.000000229. The second-order valence-electron chi connectivity index (χ2n) is 22.7. The van der Waals surface area contributed by atoms with Gasteiger partial charge in [-0.1, -0.05) is 100 Å². The third-order valence-corrected chi connectivity index (χ3v) is 14.5. The Labute approximate surface area is 541 Å². The molecule has 0 saturated heterocycles. The van der Waals surface area contributed by atoms with E-state index >= 15 is 0 Å². The van der Waals surface area contributed by atoms with Gasteiger partial charge in [-0.2, -0.15) is 0 Å². The van der Waals surface area contributed by atoms with Gasteiger partial charge in [0, 0.05) is 110 Å². The third-order valence-electron chi connectivity index (χ3n) is 14.5. The molecule has 0 fully saturated rings. The van der Waals surface area contributed by atoms with Crippen molar-refractivity contribution in [3.05, 3.63) is 190 Å². The number of phenolic OH excluding ortho intramolecular Hbond substituents is 14. The number of fused-ring (bicyclic) bond motifs is 10. The molecule has 23 heteroatoms. The normalized spacial score (nSPS) is 14.8. The fourth-order valence-corrected chi connectivity index (χ4v) is 9.80. The lowest BCUT2D eigenvalue weighted by Crippen LogP contribution is -2.08. The van der Waals surface area contributed by atoms with E-state index in [4.69, 9.17) is 15.3 Å². The molecule has 0 unspecified atom stereocenters. The molecule has 0 aliphatic heterocycles. The molecule has 0 spiro atoms. The van der Waals surface area contributed by atoms with E-state index in [9.17, 15) is 71.5 Å². The van der Waals surface area contributed by atoms with Crippen molar-refractivity contribution in [2.45, 2.75) is 111 Å². The molecule has 0 saturated carbocycles. The average molecular weight is 1290 g/mol. The van der Waals surface area contributed by atoms with Crippen molar-refractivity contribution in [2.75, 3.05) is 0 Å². The lowest BCUT2D eigenvalue weighted by molar-refractivity contribution is 0.215. The quantitative estimate of drug-likeness (QED) is 0.0575. The molecule has 0 radical (unpaired) electrons. The maximum Gasteiger partial charge on any atom is 0.200 e. The highest BCUT2D eigenvalue weighted by Gasteiger charge is 2.34. The molecule has 1 aliphatic rings. The summed E-state index contributed by atoms with van der Waals surface area (Å²) in [7, 11) is 0. The maximum atomic E-state index is 10.9. The highest BCUT2D eigenvalue weighted by Crippen LogP contribution is 2.57. The fourth-order valence-electron chi connectivity index (χ4n) is 9.80. The van der Waals surface area contributed by atoms with Gasteiger partial charge in [-0.3, -0.25) is 0 Å². The zero-order valence-corrected chi connectivity index (χ0v) is 53.2. The van der Waals surface area contributed by atoms with Gasteiger partial charge in [0.2, 0.25) is 23.0 Å². The van der Waals surface area contributed by atoms with E-state index in [0.717, 1.165) is 21.5 Å². The minimum atomic E-state index is -1.03. The summed E-state index contributed by atoms with van der Waals surface area (Å²) in [5, 5.41) is 194. The Morgan fingerprint density at radius 1 is 0.287 bits per heavy atom. The lowest BCUT2D eigenvalue weighted by Gasteiger charge is -2.26. The van der Waals surface area contributed by atoms with Crippen molar-refractivity contribution < 1.29 is 86.8 Å². The zero-order valence-electron chi connectivity index (χ0n) is 53.2. The molecule has 8 aromatic carbocycles. The summed E-state index contributed by atoms with van der Waals surface area (Å²) >= 11 is 0. The number of pyridine rings is 2. The van der Waals surface area contributed by atoms with Crippen LogP contribution in [0.15, 0.2) is 166 Å². The van der Waals surface area contributed by atoms with Crippen LogP contribution >= 0.6 is 0 Å².